The summed E-state index contributed by atoms with van der Waals surface area (Å²) in [7, 11) is 5.14. The van der Waals surface area contributed by atoms with Crippen molar-refractivity contribution in [3.8, 4) is 0 Å². The molecule has 0 aromatic heterocycles. The van der Waals surface area contributed by atoms with Crippen LogP contribution >= 0.6 is 0 Å². The van der Waals surface area contributed by atoms with Gasteiger partial charge in [0.1, 0.15) is 5.76 Å². The van der Waals surface area contributed by atoms with Crippen molar-refractivity contribution in [2.45, 2.75) is 6.42 Å². The van der Waals surface area contributed by atoms with Crippen molar-refractivity contribution in [2.75, 3.05) is 21.2 Å². The highest BCUT2D eigenvalue weighted by Crippen LogP contribution is 2.18. The quantitative estimate of drug-likeness (QED) is 0.640. The van der Waals surface area contributed by atoms with Gasteiger partial charge in [-0.15, -0.1) is 0 Å². The fourth-order valence-corrected chi connectivity index (χ4v) is 1.29. The summed E-state index contributed by atoms with van der Waals surface area (Å²) in [5.74, 6) is 0.834. The lowest BCUT2D eigenvalue weighted by Crippen LogP contribution is -2.29. The van der Waals surface area contributed by atoms with Crippen molar-refractivity contribution in [1.82, 2.24) is 4.90 Å². The van der Waals surface area contributed by atoms with Crippen LogP contribution in [-0.2, 0) is 9.53 Å². The molecule has 0 saturated carbocycles. The zero-order chi connectivity index (χ0) is 9.84. The minimum absolute atomic E-state index is 0.0602. The van der Waals surface area contributed by atoms with Gasteiger partial charge < -0.3 is 9.64 Å². The Bertz CT molecular complexity index is 254. The maximum Gasteiger partial charge on any atom is 0.229 e. The van der Waals surface area contributed by atoms with E-state index < -0.39 is 0 Å². The Labute approximate surface area is 78.7 Å². The molecule has 72 valence electrons. The van der Waals surface area contributed by atoms with Crippen LogP contribution in [0.1, 0.15) is 6.42 Å². The van der Waals surface area contributed by atoms with Crippen molar-refractivity contribution in [2.24, 2.45) is 5.92 Å². The first-order valence-corrected chi connectivity index (χ1v) is 4.28. The van der Waals surface area contributed by atoms with Crippen LogP contribution < -0.4 is 0 Å². The summed E-state index contributed by atoms with van der Waals surface area (Å²) < 4.78 is 5.05. The second-order valence-electron chi connectivity index (χ2n) is 3.25. The SMILES string of the molecule is COC1=CC(C(=O)N(C)C)CC=C1. The molecule has 3 heteroatoms. The molecule has 0 aromatic carbocycles. The van der Waals surface area contributed by atoms with E-state index in [1.54, 1.807) is 26.1 Å². The van der Waals surface area contributed by atoms with E-state index in [4.69, 9.17) is 4.74 Å². The van der Waals surface area contributed by atoms with Crippen LogP contribution in [0, 0.1) is 5.92 Å². The molecule has 0 radical (unpaired) electrons. The molecule has 1 aliphatic rings. The van der Waals surface area contributed by atoms with E-state index in [0.717, 1.165) is 12.2 Å². The van der Waals surface area contributed by atoms with E-state index in [9.17, 15) is 4.79 Å². The standard InChI is InChI=1S/C10H15NO2/c1-11(2)10(12)8-5-4-6-9(7-8)13-3/h4,6-8H,5H2,1-3H3. The van der Waals surface area contributed by atoms with Crippen molar-refractivity contribution in [3.63, 3.8) is 0 Å². The Hall–Kier alpha value is -1.25. The monoisotopic (exact) mass is 181 g/mol. The zero-order valence-corrected chi connectivity index (χ0v) is 8.28. The maximum atomic E-state index is 11.6. The summed E-state index contributed by atoms with van der Waals surface area (Å²) in [6, 6.07) is 0. The number of nitrogens with zero attached hydrogens (tertiary/aromatic N) is 1. The number of amides is 1. The molecule has 1 amide bonds. The minimum atomic E-state index is -0.0602. The largest absolute Gasteiger partial charge is 0.497 e. The molecular formula is C10H15NO2. The van der Waals surface area contributed by atoms with Gasteiger partial charge in [-0.25, -0.2) is 0 Å². The van der Waals surface area contributed by atoms with Crippen LogP contribution in [-0.4, -0.2) is 32.0 Å². The van der Waals surface area contributed by atoms with Gasteiger partial charge in [0, 0.05) is 14.1 Å². The van der Waals surface area contributed by atoms with Gasteiger partial charge in [-0.3, -0.25) is 4.79 Å². The molecule has 0 saturated heterocycles. The Balaban J connectivity index is 2.69. The van der Waals surface area contributed by atoms with E-state index in [1.807, 2.05) is 18.2 Å². The summed E-state index contributed by atoms with van der Waals surface area (Å²) in [5, 5.41) is 0. The summed E-state index contributed by atoms with van der Waals surface area (Å²) >= 11 is 0. The van der Waals surface area contributed by atoms with Crippen LogP contribution in [0.3, 0.4) is 0 Å². The number of carbonyl (C=O) groups is 1. The molecule has 1 rings (SSSR count). The maximum absolute atomic E-state index is 11.6. The van der Waals surface area contributed by atoms with Crippen LogP contribution in [0.2, 0.25) is 0 Å². The highest BCUT2D eigenvalue weighted by atomic mass is 16.5. The second kappa shape index (κ2) is 4.12. The first kappa shape index (κ1) is 9.84. The molecule has 0 fully saturated rings. The average Bonchev–Trinajstić information content (AvgIpc) is 2.16. The predicted octanol–water partition coefficient (Wildman–Crippen LogP) is 1.18. The first-order valence-electron chi connectivity index (χ1n) is 4.28. The van der Waals surface area contributed by atoms with Crippen molar-refractivity contribution in [3.05, 3.63) is 24.0 Å². The molecule has 1 atom stereocenters. The number of methoxy groups -OCH3 is 1. The first-order chi connectivity index (χ1) is 6.15. The number of allylic oxidation sites excluding steroid dienone is 2. The molecule has 1 aliphatic carbocycles. The lowest BCUT2D eigenvalue weighted by molar-refractivity contribution is -0.131. The smallest absolute Gasteiger partial charge is 0.229 e. The van der Waals surface area contributed by atoms with E-state index in [1.165, 1.54) is 0 Å². The number of rotatable bonds is 2. The summed E-state index contributed by atoms with van der Waals surface area (Å²) in [5.41, 5.74) is 0. The van der Waals surface area contributed by atoms with Gasteiger partial charge in [-0.1, -0.05) is 6.08 Å². The molecule has 0 bridgehead atoms. The summed E-state index contributed by atoms with van der Waals surface area (Å²) in [6.45, 7) is 0. The van der Waals surface area contributed by atoms with E-state index in [2.05, 4.69) is 0 Å². The third-order valence-corrected chi connectivity index (χ3v) is 2.03. The fraction of sp³-hybridized carbons (Fsp3) is 0.500. The van der Waals surface area contributed by atoms with Crippen molar-refractivity contribution < 1.29 is 9.53 Å². The van der Waals surface area contributed by atoms with Gasteiger partial charge >= 0.3 is 0 Å². The Morgan fingerprint density at radius 2 is 2.31 bits per heavy atom. The molecule has 1 unspecified atom stereocenters. The molecular weight excluding hydrogens is 166 g/mol. The zero-order valence-electron chi connectivity index (χ0n) is 8.28. The van der Waals surface area contributed by atoms with Crippen LogP contribution in [0.25, 0.3) is 0 Å². The number of hydrogen-bond acceptors (Lipinski definition) is 2. The molecule has 0 heterocycles. The van der Waals surface area contributed by atoms with Gasteiger partial charge in [0.15, 0.2) is 0 Å². The molecule has 0 aliphatic heterocycles. The number of carbonyl (C=O) groups excluding carboxylic acids is 1. The highest BCUT2D eigenvalue weighted by molar-refractivity contribution is 5.80. The van der Waals surface area contributed by atoms with Crippen molar-refractivity contribution >= 4 is 5.91 Å². The second-order valence-corrected chi connectivity index (χ2v) is 3.25. The molecule has 0 aromatic rings. The predicted molar refractivity (Wildman–Crippen MR) is 51.0 cm³/mol. The lowest BCUT2D eigenvalue weighted by Gasteiger charge is -2.19. The lowest BCUT2D eigenvalue weighted by atomic mass is 9.99. The molecule has 0 spiro atoms. The molecule has 13 heavy (non-hydrogen) atoms. The van der Waals surface area contributed by atoms with Gasteiger partial charge in [-0.2, -0.15) is 0 Å². The van der Waals surface area contributed by atoms with Crippen LogP contribution in [0.5, 0.6) is 0 Å². The van der Waals surface area contributed by atoms with Gasteiger partial charge in [0.05, 0.1) is 13.0 Å². The topological polar surface area (TPSA) is 29.5 Å². The van der Waals surface area contributed by atoms with Crippen LogP contribution in [0.15, 0.2) is 24.0 Å². The van der Waals surface area contributed by atoms with Crippen molar-refractivity contribution in [1.29, 1.82) is 0 Å². The summed E-state index contributed by atoms with van der Waals surface area (Å²) in [6.07, 6.45) is 6.48. The van der Waals surface area contributed by atoms with Crippen LogP contribution in [0.4, 0.5) is 0 Å². The number of hydrogen-bond donors (Lipinski definition) is 0. The van der Waals surface area contributed by atoms with Gasteiger partial charge in [-0.05, 0) is 18.6 Å². The van der Waals surface area contributed by atoms with E-state index >= 15 is 0 Å². The summed E-state index contributed by atoms with van der Waals surface area (Å²) in [4.78, 5) is 13.2. The highest BCUT2D eigenvalue weighted by Gasteiger charge is 2.19. The third kappa shape index (κ3) is 2.34. The number of ether oxygens (including phenoxy) is 1. The fourth-order valence-electron chi connectivity index (χ4n) is 1.29. The molecule has 0 N–H and O–H groups in total. The van der Waals surface area contributed by atoms with E-state index in [0.29, 0.717) is 0 Å². The average molecular weight is 181 g/mol. The van der Waals surface area contributed by atoms with Gasteiger partial charge in [0.25, 0.3) is 0 Å². The Kier molecular flexibility index (Phi) is 3.12. The van der Waals surface area contributed by atoms with E-state index in [-0.39, 0.29) is 11.8 Å². The Morgan fingerprint density at radius 1 is 1.62 bits per heavy atom. The third-order valence-electron chi connectivity index (χ3n) is 2.03. The normalized spacial score (nSPS) is 20.8. The Morgan fingerprint density at radius 3 is 2.85 bits per heavy atom. The minimum Gasteiger partial charge on any atom is -0.497 e. The van der Waals surface area contributed by atoms with Gasteiger partial charge in [0.2, 0.25) is 5.91 Å². The molecule has 3 nitrogen and oxygen atoms in total.